The number of hydrogen-bond acceptors (Lipinski definition) is 1. The van der Waals surface area contributed by atoms with E-state index in [2.05, 4.69) is 5.32 Å². The molecule has 21 heavy (non-hydrogen) atoms. The zero-order valence-electron chi connectivity index (χ0n) is 11.8. The van der Waals surface area contributed by atoms with E-state index in [1.807, 2.05) is 32.0 Å². The van der Waals surface area contributed by atoms with Gasteiger partial charge in [0.2, 0.25) is 5.91 Å². The molecule has 0 saturated heterocycles. The van der Waals surface area contributed by atoms with Gasteiger partial charge in [-0.2, -0.15) is 0 Å². The summed E-state index contributed by atoms with van der Waals surface area (Å²) in [5, 5.41) is 3.82. The van der Waals surface area contributed by atoms with Crippen LogP contribution >= 0.6 is 23.2 Å². The largest absolute Gasteiger partial charge is 0.322 e. The zero-order chi connectivity index (χ0) is 15.4. The Morgan fingerprint density at radius 2 is 1.86 bits per heavy atom. The van der Waals surface area contributed by atoms with Crippen LogP contribution in [0.2, 0.25) is 10.0 Å². The second kappa shape index (κ2) is 6.79. The molecule has 1 N–H and O–H groups in total. The van der Waals surface area contributed by atoms with Crippen LogP contribution in [0.15, 0.2) is 42.5 Å². The van der Waals surface area contributed by atoms with Crippen LogP contribution in [0.4, 0.5) is 5.69 Å². The molecule has 0 bridgehead atoms. The first kappa shape index (κ1) is 15.6. The van der Waals surface area contributed by atoms with Gasteiger partial charge in [-0.15, -0.1) is 0 Å². The summed E-state index contributed by atoms with van der Waals surface area (Å²) in [7, 11) is 0. The molecule has 0 atom stereocenters. The number of carbonyl (C=O) groups excluding carboxylic acids is 1. The van der Waals surface area contributed by atoms with Gasteiger partial charge in [-0.05, 0) is 54.8 Å². The fourth-order valence-electron chi connectivity index (χ4n) is 1.85. The van der Waals surface area contributed by atoms with Crippen molar-refractivity contribution in [3.8, 4) is 0 Å². The van der Waals surface area contributed by atoms with Crippen molar-refractivity contribution in [1.82, 2.24) is 0 Å². The van der Waals surface area contributed by atoms with E-state index in [1.165, 1.54) is 6.08 Å². The number of carbonyl (C=O) groups is 1. The van der Waals surface area contributed by atoms with Gasteiger partial charge in [0.25, 0.3) is 0 Å². The fraction of sp³-hybridized carbons (Fsp3) is 0.118. The van der Waals surface area contributed by atoms with E-state index in [9.17, 15) is 4.79 Å². The highest BCUT2D eigenvalue weighted by Gasteiger charge is 2.03. The summed E-state index contributed by atoms with van der Waals surface area (Å²) >= 11 is 11.8. The predicted octanol–water partition coefficient (Wildman–Crippen LogP) is 5.26. The Morgan fingerprint density at radius 3 is 2.57 bits per heavy atom. The first-order chi connectivity index (χ1) is 9.97. The molecule has 1 amide bonds. The van der Waals surface area contributed by atoms with E-state index in [1.54, 1.807) is 24.3 Å². The number of amides is 1. The lowest BCUT2D eigenvalue weighted by Gasteiger charge is -2.08. The summed E-state index contributed by atoms with van der Waals surface area (Å²) in [5.41, 5.74) is 3.84. The number of anilines is 1. The van der Waals surface area contributed by atoms with E-state index < -0.39 is 0 Å². The molecule has 0 unspecified atom stereocenters. The van der Waals surface area contributed by atoms with Gasteiger partial charge in [0.05, 0.1) is 10.0 Å². The first-order valence-electron chi connectivity index (χ1n) is 6.47. The number of hydrogen-bond donors (Lipinski definition) is 1. The van der Waals surface area contributed by atoms with Crippen LogP contribution in [0.25, 0.3) is 6.08 Å². The van der Waals surface area contributed by atoms with Gasteiger partial charge in [-0.25, -0.2) is 0 Å². The third-order valence-corrected chi connectivity index (χ3v) is 3.97. The summed E-state index contributed by atoms with van der Waals surface area (Å²) in [6.45, 7) is 3.99. The van der Waals surface area contributed by atoms with Crippen molar-refractivity contribution in [2.75, 3.05) is 5.32 Å². The van der Waals surface area contributed by atoms with Crippen LogP contribution in [-0.2, 0) is 4.79 Å². The smallest absolute Gasteiger partial charge is 0.248 e. The minimum atomic E-state index is -0.185. The Bertz CT molecular complexity index is 708. The third kappa shape index (κ3) is 4.10. The molecule has 0 radical (unpaired) electrons. The summed E-state index contributed by atoms with van der Waals surface area (Å²) in [6, 6.07) is 11.0. The number of halogens is 2. The highest BCUT2D eigenvalue weighted by molar-refractivity contribution is 6.42. The second-order valence-corrected chi connectivity index (χ2v) is 5.56. The Morgan fingerprint density at radius 1 is 1.10 bits per heavy atom. The monoisotopic (exact) mass is 319 g/mol. The Balaban J connectivity index is 2.09. The number of aryl methyl sites for hydroxylation is 1. The molecule has 0 aliphatic heterocycles. The molecule has 2 aromatic rings. The molecule has 0 aromatic heterocycles. The van der Waals surface area contributed by atoms with Gasteiger partial charge in [-0.1, -0.05) is 41.4 Å². The fourth-order valence-corrected chi connectivity index (χ4v) is 2.16. The van der Waals surface area contributed by atoms with Crippen LogP contribution < -0.4 is 5.32 Å². The molecular weight excluding hydrogens is 305 g/mol. The highest BCUT2D eigenvalue weighted by Crippen LogP contribution is 2.23. The van der Waals surface area contributed by atoms with E-state index in [-0.39, 0.29) is 5.91 Å². The van der Waals surface area contributed by atoms with Crippen molar-refractivity contribution in [1.29, 1.82) is 0 Å². The van der Waals surface area contributed by atoms with Crippen LogP contribution in [0.3, 0.4) is 0 Å². The quantitative estimate of drug-likeness (QED) is 0.768. The maximum Gasteiger partial charge on any atom is 0.248 e. The van der Waals surface area contributed by atoms with Crippen LogP contribution in [0, 0.1) is 13.8 Å². The Hall–Kier alpha value is -1.77. The molecule has 108 valence electrons. The zero-order valence-corrected chi connectivity index (χ0v) is 13.3. The summed E-state index contributed by atoms with van der Waals surface area (Å²) < 4.78 is 0. The van der Waals surface area contributed by atoms with Crippen molar-refractivity contribution >= 4 is 40.9 Å². The molecule has 0 aliphatic rings. The molecule has 0 saturated carbocycles. The summed E-state index contributed by atoms with van der Waals surface area (Å²) in [6.07, 6.45) is 3.17. The van der Waals surface area contributed by atoms with Crippen molar-refractivity contribution in [2.24, 2.45) is 0 Å². The standard InChI is InChI=1S/C17H15Cl2NO/c1-11-4-3-5-16(12(11)2)20-17(21)9-7-13-6-8-14(18)15(19)10-13/h3-10H,1-2H3,(H,20,21). The van der Waals surface area contributed by atoms with E-state index >= 15 is 0 Å². The number of benzene rings is 2. The van der Waals surface area contributed by atoms with E-state index in [4.69, 9.17) is 23.2 Å². The summed E-state index contributed by atoms with van der Waals surface area (Å²) in [4.78, 5) is 11.9. The van der Waals surface area contributed by atoms with Gasteiger partial charge in [-0.3, -0.25) is 4.79 Å². The molecule has 0 fully saturated rings. The predicted molar refractivity (Wildman–Crippen MR) is 90.0 cm³/mol. The maximum absolute atomic E-state index is 11.9. The maximum atomic E-state index is 11.9. The van der Waals surface area contributed by atoms with E-state index in [0.29, 0.717) is 10.0 Å². The molecule has 0 aliphatic carbocycles. The lowest BCUT2D eigenvalue weighted by Crippen LogP contribution is -2.09. The highest BCUT2D eigenvalue weighted by atomic mass is 35.5. The van der Waals surface area contributed by atoms with Crippen molar-refractivity contribution in [3.63, 3.8) is 0 Å². The molecule has 0 heterocycles. The minimum absolute atomic E-state index is 0.185. The van der Waals surface area contributed by atoms with Crippen LogP contribution in [0.1, 0.15) is 16.7 Å². The second-order valence-electron chi connectivity index (χ2n) is 4.74. The SMILES string of the molecule is Cc1cccc(NC(=O)C=Cc2ccc(Cl)c(Cl)c2)c1C. The first-order valence-corrected chi connectivity index (χ1v) is 7.23. The molecule has 4 heteroatoms. The lowest BCUT2D eigenvalue weighted by molar-refractivity contribution is -0.111. The average molecular weight is 320 g/mol. The Labute approximate surface area is 134 Å². The number of nitrogens with one attached hydrogen (secondary N) is 1. The van der Waals surface area contributed by atoms with Gasteiger partial charge < -0.3 is 5.32 Å². The molecular formula is C17H15Cl2NO. The number of rotatable bonds is 3. The van der Waals surface area contributed by atoms with Crippen LogP contribution in [0.5, 0.6) is 0 Å². The topological polar surface area (TPSA) is 29.1 Å². The van der Waals surface area contributed by atoms with Crippen LogP contribution in [-0.4, -0.2) is 5.91 Å². The van der Waals surface area contributed by atoms with Crippen molar-refractivity contribution in [3.05, 3.63) is 69.2 Å². The molecule has 0 spiro atoms. The van der Waals surface area contributed by atoms with Crippen molar-refractivity contribution in [2.45, 2.75) is 13.8 Å². The minimum Gasteiger partial charge on any atom is -0.322 e. The molecule has 2 aromatic carbocycles. The lowest BCUT2D eigenvalue weighted by atomic mass is 10.1. The normalized spacial score (nSPS) is 10.9. The van der Waals surface area contributed by atoms with E-state index in [0.717, 1.165) is 22.4 Å². The van der Waals surface area contributed by atoms with Gasteiger partial charge in [0, 0.05) is 11.8 Å². The summed E-state index contributed by atoms with van der Waals surface area (Å²) in [5.74, 6) is -0.185. The molecule has 2 rings (SSSR count). The third-order valence-electron chi connectivity index (χ3n) is 3.23. The average Bonchev–Trinajstić information content (AvgIpc) is 2.45. The van der Waals surface area contributed by atoms with Gasteiger partial charge in [0.15, 0.2) is 0 Å². The Kier molecular flexibility index (Phi) is 5.05. The van der Waals surface area contributed by atoms with Crippen molar-refractivity contribution < 1.29 is 4.79 Å². The molecule has 2 nitrogen and oxygen atoms in total. The van der Waals surface area contributed by atoms with Gasteiger partial charge in [0.1, 0.15) is 0 Å². The van der Waals surface area contributed by atoms with Gasteiger partial charge >= 0.3 is 0 Å².